The molecule has 2 aromatic heterocycles. The Hall–Kier alpha value is -3.12. The van der Waals surface area contributed by atoms with Gasteiger partial charge in [-0.15, -0.1) is 0 Å². The van der Waals surface area contributed by atoms with E-state index in [4.69, 9.17) is 15.5 Å². The molecule has 1 aliphatic heterocycles. The number of anilines is 2. The fourth-order valence-electron chi connectivity index (χ4n) is 3.87. The summed E-state index contributed by atoms with van der Waals surface area (Å²) in [5, 5.41) is 9.87. The second kappa shape index (κ2) is 10.5. The molecule has 0 bridgehead atoms. The van der Waals surface area contributed by atoms with Gasteiger partial charge in [0.05, 0.1) is 35.6 Å². The standard InChI is InChI=1S/C25H32N6O4S/c1-17-4-6-19(36(33,34)29-9-8-25(2,3)32)14-20(17)21-16-28-24(26)23(30-21)18-5-7-22(27-15-18)31-10-12-35-13-11-31/h4-7,14-16,29,32H,8-13H2,1-3H3,(H2,26,28). The Morgan fingerprint density at radius 3 is 2.56 bits per heavy atom. The van der Waals surface area contributed by atoms with Crippen molar-refractivity contribution in [1.29, 1.82) is 0 Å². The lowest BCUT2D eigenvalue weighted by Crippen LogP contribution is -2.36. The maximum Gasteiger partial charge on any atom is 0.240 e. The zero-order chi connectivity index (χ0) is 25.9. The van der Waals surface area contributed by atoms with Gasteiger partial charge in [0.2, 0.25) is 10.0 Å². The van der Waals surface area contributed by atoms with Crippen LogP contribution in [0.25, 0.3) is 22.5 Å². The predicted molar refractivity (Wildman–Crippen MR) is 139 cm³/mol. The van der Waals surface area contributed by atoms with Crippen LogP contribution in [0, 0.1) is 6.92 Å². The summed E-state index contributed by atoms with van der Waals surface area (Å²) in [5.74, 6) is 1.12. The number of ether oxygens (including phenoxy) is 1. The molecule has 3 aromatic rings. The van der Waals surface area contributed by atoms with Gasteiger partial charge >= 0.3 is 0 Å². The average Bonchev–Trinajstić information content (AvgIpc) is 2.84. The van der Waals surface area contributed by atoms with Crippen LogP contribution in [-0.4, -0.2) is 66.9 Å². The van der Waals surface area contributed by atoms with E-state index in [2.05, 4.69) is 19.6 Å². The van der Waals surface area contributed by atoms with Gasteiger partial charge in [0.1, 0.15) is 17.3 Å². The molecule has 0 spiro atoms. The lowest BCUT2D eigenvalue weighted by atomic mass is 10.1. The van der Waals surface area contributed by atoms with Gasteiger partial charge in [0.15, 0.2) is 0 Å². The van der Waals surface area contributed by atoms with Crippen LogP contribution in [0.15, 0.2) is 47.6 Å². The van der Waals surface area contributed by atoms with Crippen LogP contribution in [0.3, 0.4) is 0 Å². The van der Waals surface area contributed by atoms with Crippen molar-refractivity contribution in [3.8, 4) is 22.5 Å². The van der Waals surface area contributed by atoms with E-state index in [1.807, 2.05) is 19.1 Å². The summed E-state index contributed by atoms with van der Waals surface area (Å²) in [6.45, 7) is 8.19. The minimum absolute atomic E-state index is 0.107. The number of aliphatic hydroxyl groups is 1. The minimum atomic E-state index is -3.77. The Morgan fingerprint density at radius 1 is 1.14 bits per heavy atom. The maximum atomic E-state index is 12.8. The molecule has 3 heterocycles. The first-order valence-corrected chi connectivity index (χ1v) is 13.3. The number of nitrogen functional groups attached to an aromatic ring is 1. The molecule has 0 radical (unpaired) electrons. The summed E-state index contributed by atoms with van der Waals surface area (Å²) in [7, 11) is -3.77. The van der Waals surface area contributed by atoms with Gasteiger partial charge in [0.25, 0.3) is 0 Å². The molecule has 0 unspecified atom stereocenters. The molecule has 4 rings (SSSR count). The van der Waals surface area contributed by atoms with Gasteiger partial charge in [-0.3, -0.25) is 0 Å². The van der Waals surface area contributed by atoms with Crippen LogP contribution in [0.4, 0.5) is 11.6 Å². The van der Waals surface area contributed by atoms with Crippen molar-refractivity contribution < 1.29 is 18.3 Å². The molecule has 0 aliphatic carbocycles. The zero-order valence-corrected chi connectivity index (χ0v) is 21.5. The number of nitrogens with one attached hydrogen (secondary N) is 1. The topological polar surface area (TPSA) is 144 Å². The number of nitrogens with two attached hydrogens (primary N) is 1. The van der Waals surface area contributed by atoms with E-state index in [0.29, 0.717) is 35.7 Å². The van der Waals surface area contributed by atoms with Crippen molar-refractivity contribution in [2.45, 2.75) is 37.7 Å². The van der Waals surface area contributed by atoms with E-state index in [1.165, 1.54) is 6.20 Å². The maximum absolute atomic E-state index is 12.8. The molecule has 36 heavy (non-hydrogen) atoms. The van der Waals surface area contributed by atoms with Gasteiger partial charge in [-0.05, 0) is 57.0 Å². The van der Waals surface area contributed by atoms with Crippen molar-refractivity contribution in [1.82, 2.24) is 19.7 Å². The number of aryl methyl sites for hydroxylation is 1. The fraction of sp³-hybridized carbons (Fsp3) is 0.400. The molecule has 10 nitrogen and oxygen atoms in total. The predicted octanol–water partition coefficient (Wildman–Crippen LogP) is 2.37. The van der Waals surface area contributed by atoms with Gasteiger partial charge < -0.3 is 20.5 Å². The first-order chi connectivity index (χ1) is 17.0. The zero-order valence-electron chi connectivity index (χ0n) is 20.7. The largest absolute Gasteiger partial charge is 0.390 e. The number of hydrogen-bond donors (Lipinski definition) is 3. The normalized spacial score (nSPS) is 14.7. The van der Waals surface area contributed by atoms with E-state index >= 15 is 0 Å². The quantitative estimate of drug-likeness (QED) is 0.414. The molecule has 4 N–H and O–H groups in total. The molecule has 0 amide bonds. The number of morpholine rings is 1. The summed E-state index contributed by atoms with van der Waals surface area (Å²) < 4.78 is 33.6. The third kappa shape index (κ3) is 6.16. The Kier molecular flexibility index (Phi) is 7.55. The van der Waals surface area contributed by atoms with Crippen LogP contribution in [0.5, 0.6) is 0 Å². The Labute approximate surface area is 211 Å². The second-order valence-corrected chi connectivity index (χ2v) is 11.2. The van der Waals surface area contributed by atoms with E-state index < -0.39 is 15.6 Å². The van der Waals surface area contributed by atoms with Gasteiger partial charge in [-0.25, -0.2) is 28.1 Å². The molecule has 1 saturated heterocycles. The van der Waals surface area contributed by atoms with Crippen LogP contribution < -0.4 is 15.4 Å². The summed E-state index contributed by atoms with van der Waals surface area (Å²) in [6.07, 6.45) is 3.54. The molecular weight excluding hydrogens is 480 g/mol. The van der Waals surface area contributed by atoms with Gasteiger partial charge in [0, 0.05) is 37.0 Å². The van der Waals surface area contributed by atoms with E-state index in [1.54, 1.807) is 38.2 Å². The number of sulfonamides is 1. The Bertz CT molecular complexity index is 1320. The molecule has 0 saturated carbocycles. The van der Waals surface area contributed by atoms with E-state index in [-0.39, 0.29) is 23.7 Å². The van der Waals surface area contributed by atoms with Gasteiger partial charge in [-0.2, -0.15) is 0 Å². The van der Waals surface area contributed by atoms with Crippen LogP contribution in [-0.2, 0) is 14.8 Å². The number of hydrogen-bond acceptors (Lipinski definition) is 9. The van der Waals surface area contributed by atoms with Gasteiger partial charge in [-0.1, -0.05) is 6.07 Å². The third-order valence-corrected chi connectivity index (χ3v) is 7.44. The Morgan fingerprint density at radius 2 is 1.89 bits per heavy atom. The number of benzene rings is 1. The highest BCUT2D eigenvalue weighted by Gasteiger charge is 2.20. The lowest BCUT2D eigenvalue weighted by molar-refractivity contribution is 0.0728. The van der Waals surface area contributed by atoms with Crippen molar-refractivity contribution >= 4 is 21.7 Å². The molecule has 11 heteroatoms. The number of nitrogens with zero attached hydrogens (tertiary/aromatic N) is 4. The average molecular weight is 513 g/mol. The summed E-state index contributed by atoms with van der Waals surface area (Å²) >= 11 is 0. The van der Waals surface area contributed by atoms with Crippen LogP contribution in [0.2, 0.25) is 0 Å². The molecule has 1 fully saturated rings. The lowest BCUT2D eigenvalue weighted by Gasteiger charge is -2.27. The SMILES string of the molecule is Cc1ccc(S(=O)(=O)NCCC(C)(C)O)cc1-c1cnc(N)c(-c2ccc(N3CCOCC3)nc2)n1. The highest BCUT2D eigenvalue weighted by molar-refractivity contribution is 7.89. The smallest absolute Gasteiger partial charge is 0.240 e. The fourth-order valence-corrected chi connectivity index (χ4v) is 4.92. The monoisotopic (exact) mass is 512 g/mol. The van der Waals surface area contributed by atoms with Crippen molar-refractivity contribution in [3.05, 3.63) is 48.3 Å². The first kappa shape index (κ1) is 26.0. The van der Waals surface area contributed by atoms with Crippen LogP contribution in [0.1, 0.15) is 25.8 Å². The number of aromatic nitrogens is 3. The number of pyridine rings is 1. The second-order valence-electron chi connectivity index (χ2n) is 9.43. The molecule has 1 aromatic carbocycles. The minimum Gasteiger partial charge on any atom is -0.390 e. The number of rotatable bonds is 8. The Balaban J connectivity index is 1.61. The first-order valence-electron chi connectivity index (χ1n) is 11.8. The highest BCUT2D eigenvalue weighted by atomic mass is 32.2. The van der Waals surface area contributed by atoms with Crippen molar-refractivity contribution in [2.24, 2.45) is 0 Å². The summed E-state index contributed by atoms with van der Waals surface area (Å²) in [6, 6.07) is 8.68. The van der Waals surface area contributed by atoms with Crippen LogP contribution >= 0.6 is 0 Å². The third-order valence-electron chi connectivity index (χ3n) is 5.98. The summed E-state index contributed by atoms with van der Waals surface area (Å²) in [5.41, 5.74) is 8.36. The molecular formula is C25H32N6O4S. The molecule has 0 atom stereocenters. The molecule has 1 aliphatic rings. The van der Waals surface area contributed by atoms with E-state index in [9.17, 15) is 13.5 Å². The van der Waals surface area contributed by atoms with Crippen molar-refractivity contribution in [3.63, 3.8) is 0 Å². The van der Waals surface area contributed by atoms with E-state index in [0.717, 1.165) is 24.5 Å². The van der Waals surface area contributed by atoms with Crippen molar-refractivity contribution in [2.75, 3.05) is 43.5 Å². The summed E-state index contributed by atoms with van der Waals surface area (Å²) in [4.78, 5) is 15.9. The highest BCUT2D eigenvalue weighted by Crippen LogP contribution is 2.29. The molecule has 192 valence electrons.